The van der Waals surface area contributed by atoms with Crippen molar-refractivity contribution >= 4 is 33.0 Å². The summed E-state index contributed by atoms with van der Waals surface area (Å²) < 4.78 is 26.5. The third-order valence-electron chi connectivity index (χ3n) is 3.02. The predicted octanol–water partition coefficient (Wildman–Crippen LogP) is 3.01. The van der Waals surface area contributed by atoms with Crippen LogP contribution in [0, 0.1) is 6.92 Å². The van der Waals surface area contributed by atoms with Crippen LogP contribution in [0.2, 0.25) is 0 Å². The normalized spacial score (nSPS) is 12.0. The molecule has 0 radical (unpaired) electrons. The first-order chi connectivity index (χ1) is 9.46. The predicted molar refractivity (Wildman–Crippen MR) is 81.5 cm³/mol. The van der Waals surface area contributed by atoms with E-state index >= 15 is 0 Å². The van der Waals surface area contributed by atoms with Crippen molar-refractivity contribution in [2.45, 2.75) is 24.2 Å². The number of nitrogens with zero attached hydrogens (tertiary/aromatic N) is 2. The van der Waals surface area contributed by atoms with Crippen molar-refractivity contribution in [2.24, 2.45) is 0 Å². The fraction of sp³-hybridized carbons (Fsp3) is 0.308. The molecule has 108 valence electrons. The van der Waals surface area contributed by atoms with Crippen LogP contribution in [0.5, 0.6) is 0 Å². The lowest BCUT2D eigenvalue weighted by Gasteiger charge is -2.18. The molecule has 20 heavy (non-hydrogen) atoms. The summed E-state index contributed by atoms with van der Waals surface area (Å²) in [7, 11) is -1.98. The second kappa shape index (κ2) is 6.22. The summed E-state index contributed by atoms with van der Waals surface area (Å²) in [5, 5.41) is 0. The summed E-state index contributed by atoms with van der Waals surface area (Å²) in [6.45, 7) is 2.19. The topological polar surface area (TPSA) is 50.3 Å². The Morgan fingerprint density at radius 2 is 2.05 bits per heavy atom. The number of benzene rings is 1. The van der Waals surface area contributed by atoms with Gasteiger partial charge in [0.15, 0.2) is 0 Å². The highest BCUT2D eigenvalue weighted by Crippen LogP contribution is 2.23. The molecule has 0 aliphatic rings. The number of alkyl halides is 1. The molecule has 0 spiro atoms. The van der Waals surface area contributed by atoms with Gasteiger partial charge in [0.1, 0.15) is 0 Å². The molecule has 2 rings (SSSR count). The fourth-order valence-electron chi connectivity index (χ4n) is 1.80. The van der Waals surface area contributed by atoms with Gasteiger partial charge in [0, 0.05) is 24.3 Å². The van der Waals surface area contributed by atoms with Crippen LogP contribution in [0.4, 0.5) is 0 Å². The Hall–Kier alpha value is -0.950. The second-order valence-electron chi connectivity index (χ2n) is 4.36. The molecule has 0 N–H and O–H groups in total. The molecule has 0 saturated carbocycles. The van der Waals surface area contributed by atoms with E-state index in [0.29, 0.717) is 12.1 Å². The second-order valence-corrected chi connectivity index (χ2v) is 7.58. The van der Waals surface area contributed by atoms with E-state index in [9.17, 15) is 8.42 Å². The minimum atomic E-state index is -3.55. The van der Waals surface area contributed by atoms with Crippen LogP contribution < -0.4 is 0 Å². The average molecular weight is 331 g/mol. The number of hydrogen-bond acceptors (Lipinski definition) is 4. The van der Waals surface area contributed by atoms with Crippen molar-refractivity contribution in [2.75, 3.05) is 7.05 Å². The van der Waals surface area contributed by atoms with E-state index in [4.69, 9.17) is 11.6 Å². The maximum absolute atomic E-state index is 12.6. The third kappa shape index (κ3) is 3.03. The lowest BCUT2D eigenvalue weighted by atomic mass is 10.2. The van der Waals surface area contributed by atoms with Crippen molar-refractivity contribution < 1.29 is 8.42 Å². The number of sulfonamides is 1. The van der Waals surface area contributed by atoms with Crippen LogP contribution in [-0.2, 0) is 22.4 Å². The van der Waals surface area contributed by atoms with Crippen LogP contribution in [0.25, 0.3) is 0 Å². The number of hydrogen-bond donors (Lipinski definition) is 0. The van der Waals surface area contributed by atoms with E-state index in [0.717, 1.165) is 10.6 Å². The molecule has 1 heterocycles. The van der Waals surface area contributed by atoms with Gasteiger partial charge in [-0.3, -0.25) is 0 Å². The monoisotopic (exact) mass is 330 g/mol. The first kappa shape index (κ1) is 15.4. The molecule has 7 heteroatoms. The largest absolute Gasteiger partial charge is 0.250 e. The quantitative estimate of drug-likeness (QED) is 0.792. The number of aromatic nitrogens is 1. The summed E-state index contributed by atoms with van der Waals surface area (Å²) in [5.41, 5.74) is 3.20. The SMILES string of the molecule is Cc1ncsc1CN(C)S(=O)(=O)c1ccccc1CCl. The van der Waals surface area contributed by atoms with Crippen molar-refractivity contribution in [1.29, 1.82) is 0 Å². The summed E-state index contributed by atoms with van der Waals surface area (Å²) in [6, 6.07) is 6.80. The first-order valence-electron chi connectivity index (χ1n) is 5.96. The minimum absolute atomic E-state index is 0.169. The highest BCUT2D eigenvalue weighted by molar-refractivity contribution is 7.89. The van der Waals surface area contributed by atoms with Crippen LogP contribution in [0.15, 0.2) is 34.7 Å². The summed E-state index contributed by atoms with van der Waals surface area (Å²) in [6.07, 6.45) is 0. The zero-order valence-electron chi connectivity index (χ0n) is 11.2. The number of thiazole rings is 1. The van der Waals surface area contributed by atoms with Gasteiger partial charge in [-0.1, -0.05) is 18.2 Å². The molecule has 0 atom stereocenters. The molecule has 0 bridgehead atoms. The van der Waals surface area contributed by atoms with Crippen molar-refractivity contribution in [3.63, 3.8) is 0 Å². The summed E-state index contributed by atoms with van der Waals surface area (Å²) >= 11 is 7.28. The van der Waals surface area contributed by atoms with E-state index < -0.39 is 10.0 Å². The van der Waals surface area contributed by atoms with Crippen LogP contribution in [0.3, 0.4) is 0 Å². The summed E-state index contributed by atoms with van der Waals surface area (Å²) in [4.78, 5) is 5.34. The maximum Gasteiger partial charge on any atom is 0.243 e. The molecule has 0 fully saturated rings. The van der Waals surface area contributed by atoms with Gasteiger partial charge in [-0.2, -0.15) is 4.31 Å². The van der Waals surface area contributed by atoms with Gasteiger partial charge in [0.05, 0.1) is 16.1 Å². The Labute approximate surface area is 128 Å². The van der Waals surface area contributed by atoms with Crippen molar-refractivity contribution in [1.82, 2.24) is 9.29 Å². The van der Waals surface area contributed by atoms with Crippen molar-refractivity contribution in [3.05, 3.63) is 45.9 Å². The molecule has 1 aromatic heterocycles. The molecular formula is C13H15ClN2O2S2. The average Bonchev–Trinajstić information content (AvgIpc) is 2.84. The Kier molecular flexibility index (Phi) is 4.80. The van der Waals surface area contributed by atoms with Gasteiger partial charge in [-0.05, 0) is 18.6 Å². The van der Waals surface area contributed by atoms with E-state index in [1.165, 1.54) is 15.6 Å². The Morgan fingerprint density at radius 3 is 2.65 bits per heavy atom. The molecule has 4 nitrogen and oxygen atoms in total. The minimum Gasteiger partial charge on any atom is -0.250 e. The lowest BCUT2D eigenvalue weighted by molar-refractivity contribution is 0.468. The van der Waals surface area contributed by atoms with Crippen LogP contribution in [0.1, 0.15) is 16.1 Å². The highest BCUT2D eigenvalue weighted by atomic mass is 35.5. The smallest absolute Gasteiger partial charge is 0.243 e. The molecular weight excluding hydrogens is 316 g/mol. The number of aryl methyl sites for hydroxylation is 1. The fourth-order valence-corrected chi connectivity index (χ4v) is 4.38. The molecule has 0 unspecified atom stereocenters. The number of rotatable bonds is 5. The molecule has 1 aromatic carbocycles. The highest BCUT2D eigenvalue weighted by Gasteiger charge is 2.24. The molecule has 0 saturated heterocycles. The molecule has 0 aliphatic heterocycles. The Balaban J connectivity index is 2.32. The summed E-state index contributed by atoms with van der Waals surface area (Å²) in [5.74, 6) is 0.169. The first-order valence-corrected chi connectivity index (χ1v) is 8.81. The van der Waals surface area contributed by atoms with Gasteiger partial charge in [-0.25, -0.2) is 13.4 Å². The molecule has 0 aliphatic carbocycles. The molecule has 0 amide bonds. The van der Waals surface area contributed by atoms with Crippen molar-refractivity contribution in [3.8, 4) is 0 Å². The Morgan fingerprint density at radius 1 is 1.35 bits per heavy atom. The number of halogens is 1. The third-order valence-corrected chi connectivity index (χ3v) is 6.13. The zero-order chi connectivity index (χ0) is 14.8. The van der Waals surface area contributed by atoms with E-state index in [1.807, 2.05) is 6.92 Å². The van der Waals surface area contributed by atoms with E-state index in [1.54, 1.807) is 36.8 Å². The van der Waals surface area contributed by atoms with Gasteiger partial charge in [0.25, 0.3) is 0 Å². The lowest BCUT2D eigenvalue weighted by Crippen LogP contribution is -2.27. The van der Waals surface area contributed by atoms with E-state index in [-0.39, 0.29) is 10.8 Å². The van der Waals surface area contributed by atoms with Gasteiger partial charge >= 0.3 is 0 Å². The molecule has 2 aromatic rings. The van der Waals surface area contributed by atoms with Crippen LogP contribution >= 0.6 is 22.9 Å². The van der Waals surface area contributed by atoms with E-state index in [2.05, 4.69) is 4.98 Å². The Bertz CT molecular complexity index is 698. The van der Waals surface area contributed by atoms with Gasteiger partial charge < -0.3 is 0 Å². The van der Waals surface area contributed by atoms with Gasteiger partial charge in [-0.15, -0.1) is 22.9 Å². The van der Waals surface area contributed by atoms with Gasteiger partial charge in [0.2, 0.25) is 10.0 Å². The zero-order valence-corrected chi connectivity index (χ0v) is 13.6. The van der Waals surface area contributed by atoms with Crippen LogP contribution in [-0.4, -0.2) is 24.8 Å². The maximum atomic E-state index is 12.6. The standard InChI is InChI=1S/C13H15ClN2O2S2/c1-10-12(19-9-15-10)8-16(2)20(17,18)13-6-4-3-5-11(13)7-14/h3-6,9H,7-8H2,1-2H3.